The molecule has 3 aromatic rings. The topological polar surface area (TPSA) is 59.8 Å². The molecule has 1 atom stereocenters. The second-order valence-electron chi connectivity index (χ2n) is 6.47. The average molecular weight is 435 g/mol. The number of nitrogens with zero attached hydrogens (tertiary/aromatic N) is 3. The molecule has 0 saturated heterocycles. The van der Waals surface area contributed by atoms with Crippen LogP contribution >= 0.6 is 35.0 Å². The second-order valence-corrected chi connectivity index (χ2v) is 8.26. The molecule has 1 aromatic heterocycles. The van der Waals surface area contributed by atoms with E-state index in [0.29, 0.717) is 15.2 Å². The van der Waals surface area contributed by atoms with Gasteiger partial charge >= 0.3 is 0 Å². The van der Waals surface area contributed by atoms with E-state index in [9.17, 15) is 4.79 Å². The number of hydrogen-bond acceptors (Lipinski definition) is 4. The number of aryl methyl sites for hydroxylation is 1. The van der Waals surface area contributed by atoms with Gasteiger partial charge < -0.3 is 9.88 Å². The highest BCUT2D eigenvalue weighted by Gasteiger charge is 2.16. The number of carbonyl (C=O) groups is 1. The number of nitrogens with one attached hydrogen (secondary N) is 1. The molecular weight excluding hydrogens is 415 g/mol. The molecule has 0 fully saturated rings. The number of benzene rings is 2. The molecule has 146 valence electrons. The van der Waals surface area contributed by atoms with Crippen molar-refractivity contribution < 1.29 is 4.79 Å². The van der Waals surface area contributed by atoms with Crippen LogP contribution in [0, 0.1) is 6.92 Å². The number of hydrogen-bond donors (Lipinski definition) is 1. The Morgan fingerprint density at radius 3 is 2.57 bits per heavy atom. The van der Waals surface area contributed by atoms with E-state index in [1.165, 1.54) is 17.3 Å². The Balaban J connectivity index is 1.61. The lowest BCUT2D eigenvalue weighted by Gasteiger charge is -2.15. The van der Waals surface area contributed by atoms with Crippen molar-refractivity contribution in [1.29, 1.82) is 0 Å². The maximum Gasteiger partial charge on any atom is 0.230 e. The first-order chi connectivity index (χ1) is 13.3. The van der Waals surface area contributed by atoms with Crippen molar-refractivity contribution in [2.45, 2.75) is 25.0 Å². The Morgan fingerprint density at radius 2 is 1.89 bits per heavy atom. The lowest BCUT2D eigenvalue weighted by atomic mass is 10.1. The summed E-state index contributed by atoms with van der Waals surface area (Å²) < 4.78 is 1.89. The fourth-order valence-corrected chi connectivity index (χ4v) is 4.03. The summed E-state index contributed by atoms with van der Waals surface area (Å²) in [6.07, 6.45) is 0. The zero-order valence-electron chi connectivity index (χ0n) is 15.7. The largest absolute Gasteiger partial charge is 0.349 e. The molecule has 0 spiro atoms. The Morgan fingerprint density at radius 1 is 1.18 bits per heavy atom. The second kappa shape index (κ2) is 8.99. The molecule has 0 radical (unpaired) electrons. The third kappa shape index (κ3) is 4.87. The minimum atomic E-state index is -0.222. The van der Waals surface area contributed by atoms with Gasteiger partial charge in [-0.2, -0.15) is 0 Å². The molecule has 1 N–H and O–H groups in total. The molecule has 0 aliphatic rings. The molecule has 1 heterocycles. The molecule has 0 aliphatic carbocycles. The van der Waals surface area contributed by atoms with E-state index in [2.05, 4.69) is 15.5 Å². The van der Waals surface area contributed by atoms with Crippen molar-refractivity contribution in [2.24, 2.45) is 7.05 Å². The standard InChI is InChI=1S/C20H20Cl2N4OS/c1-12-4-6-14(7-5-12)19-24-25-20(26(19)3)28-11-18(27)23-13(2)16-9-8-15(21)10-17(16)22/h4-10,13H,11H2,1-3H3,(H,23,27). The van der Waals surface area contributed by atoms with Crippen molar-refractivity contribution in [3.05, 3.63) is 63.6 Å². The number of halogens is 2. The predicted molar refractivity (Wildman–Crippen MR) is 115 cm³/mol. The van der Waals surface area contributed by atoms with Crippen molar-refractivity contribution in [3.8, 4) is 11.4 Å². The summed E-state index contributed by atoms with van der Waals surface area (Å²) in [6, 6.07) is 13.1. The van der Waals surface area contributed by atoms with Gasteiger partial charge in [-0.3, -0.25) is 4.79 Å². The Labute approximate surface area is 178 Å². The minimum Gasteiger partial charge on any atom is -0.349 e. The summed E-state index contributed by atoms with van der Waals surface area (Å²) in [4.78, 5) is 12.3. The number of carbonyl (C=O) groups excluding carboxylic acids is 1. The van der Waals surface area contributed by atoms with Gasteiger partial charge in [-0.05, 0) is 31.5 Å². The van der Waals surface area contributed by atoms with Gasteiger partial charge in [-0.15, -0.1) is 10.2 Å². The fourth-order valence-electron chi connectivity index (χ4n) is 2.74. The number of thioether (sulfide) groups is 1. The van der Waals surface area contributed by atoms with Crippen LogP contribution in [0.5, 0.6) is 0 Å². The van der Waals surface area contributed by atoms with Gasteiger partial charge in [-0.1, -0.05) is 70.9 Å². The Kier molecular flexibility index (Phi) is 6.65. The van der Waals surface area contributed by atoms with E-state index in [4.69, 9.17) is 23.2 Å². The van der Waals surface area contributed by atoms with E-state index in [-0.39, 0.29) is 17.7 Å². The first-order valence-corrected chi connectivity index (χ1v) is 10.4. The van der Waals surface area contributed by atoms with Gasteiger partial charge in [0.05, 0.1) is 11.8 Å². The van der Waals surface area contributed by atoms with E-state index >= 15 is 0 Å². The zero-order chi connectivity index (χ0) is 20.3. The van der Waals surface area contributed by atoms with Gasteiger partial charge in [-0.25, -0.2) is 0 Å². The highest BCUT2D eigenvalue weighted by atomic mass is 35.5. The quantitative estimate of drug-likeness (QED) is 0.550. The van der Waals surface area contributed by atoms with E-state index in [1.54, 1.807) is 12.1 Å². The van der Waals surface area contributed by atoms with Crippen LogP contribution in [0.2, 0.25) is 10.0 Å². The summed E-state index contributed by atoms with van der Waals surface area (Å²) in [5.74, 6) is 0.891. The maximum absolute atomic E-state index is 12.3. The van der Waals surface area contributed by atoms with Crippen LogP contribution in [0.15, 0.2) is 47.6 Å². The van der Waals surface area contributed by atoms with Crippen LogP contribution in [0.4, 0.5) is 0 Å². The molecular formula is C20H20Cl2N4OS. The minimum absolute atomic E-state index is 0.108. The maximum atomic E-state index is 12.3. The lowest BCUT2D eigenvalue weighted by molar-refractivity contribution is -0.119. The number of rotatable bonds is 6. The SMILES string of the molecule is Cc1ccc(-c2nnc(SCC(=O)NC(C)c3ccc(Cl)cc3Cl)n2C)cc1. The molecule has 28 heavy (non-hydrogen) atoms. The average Bonchev–Trinajstić information content (AvgIpc) is 3.01. The first kappa shape index (κ1) is 20.7. The number of amides is 1. The van der Waals surface area contributed by atoms with Crippen LogP contribution in [0.1, 0.15) is 24.1 Å². The van der Waals surface area contributed by atoms with E-state index in [0.717, 1.165) is 17.0 Å². The summed E-state index contributed by atoms with van der Waals surface area (Å²) in [6.45, 7) is 3.92. The highest BCUT2D eigenvalue weighted by molar-refractivity contribution is 7.99. The zero-order valence-corrected chi connectivity index (χ0v) is 18.1. The third-order valence-electron chi connectivity index (χ3n) is 4.28. The number of aromatic nitrogens is 3. The van der Waals surface area contributed by atoms with Crippen molar-refractivity contribution >= 4 is 40.9 Å². The van der Waals surface area contributed by atoms with Crippen molar-refractivity contribution in [1.82, 2.24) is 20.1 Å². The van der Waals surface area contributed by atoms with E-state index < -0.39 is 0 Å². The first-order valence-electron chi connectivity index (χ1n) is 8.68. The molecule has 8 heteroatoms. The van der Waals surface area contributed by atoms with Crippen LogP contribution < -0.4 is 5.32 Å². The van der Waals surface area contributed by atoms with Crippen molar-refractivity contribution in [2.75, 3.05) is 5.75 Å². The molecule has 2 aromatic carbocycles. The van der Waals surface area contributed by atoms with Gasteiger partial charge in [0.15, 0.2) is 11.0 Å². The normalized spacial score (nSPS) is 12.0. The highest BCUT2D eigenvalue weighted by Crippen LogP contribution is 2.27. The van der Waals surface area contributed by atoms with Gasteiger partial charge in [0.1, 0.15) is 0 Å². The molecule has 5 nitrogen and oxygen atoms in total. The molecule has 0 aliphatic heterocycles. The summed E-state index contributed by atoms with van der Waals surface area (Å²) in [7, 11) is 1.89. The summed E-state index contributed by atoms with van der Waals surface area (Å²) in [5.41, 5.74) is 3.00. The van der Waals surface area contributed by atoms with Gasteiger partial charge in [0.25, 0.3) is 0 Å². The lowest BCUT2D eigenvalue weighted by Crippen LogP contribution is -2.28. The van der Waals surface area contributed by atoms with E-state index in [1.807, 2.05) is 55.8 Å². The Hall–Kier alpha value is -2.02. The molecule has 1 amide bonds. The van der Waals surface area contributed by atoms with Crippen LogP contribution in [-0.2, 0) is 11.8 Å². The molecule has 3 rings (SSSR count). The van der Waals surface area contributed by atoms with Gasteiger partial charge in [0.2, 0.25) is 5.91 Å². The third-order valence-corrected chi connectivity index (χ3v) is 5.87. The van der Waals surface area contributed by atoms with Crippen LogP contribution in [0.25, 0.3) is 11.4 Å². The summed E-state index contributed by atoms with van der Waals surface area (Å²) >= 11 is 13.5. The molecule has 1 unspecified atom stereocenters. The van der Waals surface area contributed by atoms with Crippen LogP contribution in [0.3, 0.4) is 0 Å². The van der Waals surface area contributed by atoms with Crippen molar-refractivity contribution in [3.63, 3.8) is 0 Å². The summed E-state index contributed by atoms with van der Waals surface area (Å²) in [5, 5.41) is 13.2. The Bertz CT molecular complexity index is 988. The molecule has 0 saturated carbocycles. The monoisotopic (exact) mass is 434 g/mol. The fraction of sp³-hybridized carbons (Fsp3) is 0.250. The van der Waals surface area contributed by atoms with Gasteiger partial charge in [0, 0.05) is 22.7 Å². The predicted octanol–water partition coefficient (Wildman–Crippen LogP) is 5.07. The molecule has 0 bridgehead atoms. The smallest absolute Gasteiger partial charge is 0.230 e. The van der Waals surface area contributed by atoms with Crippen LogP contribution in [-0.4, -0.2) is 26.4 Å².